The van der Waals surface area contributed by atoms with Gasteiger partial charge in [0.1, 0.15) is 6.61 Å². The first kappa shape index (κ1) is 10.3. The van der Waals surface area contributed by atoms with E-state index in [0.29, 0.717) is 6.61 Å². The summed E-state index contributed by atoms with van der Waals surface area (Å²) in [5, 5.41) is 6.00. The number of ether oxygens (including phenoxy) is 1. The van der Waals surface area contributed by atoms with Crippen LogP contribution >= 0.6 is 0 Å². The molecule has 4 nitrogen and oxygen atoms in total. The van der Waals surface area contributed by atoms with Gasteiger partial charge in [0, 0.05) is 6.54 Å². The molecule has 4 heteroatoms. The number of carbonyl (C=O) groups excluding carboxylic acids is 1. The van der Waals surface area contributed by atoms with E-state index in [-0.39, 0.29) is 12.1 Å². The monoisotopic (exact) mass is 186 g/mol. The maximum absolute atomic E-state index is 10.6. The van der Waals surface area contributed by atoms with Crippen molar-refractivity contribution in [2.24, 2.45) is 5.92 Å². The van der Waals surface area contributed by atoms with Crippen LogP contribution in [0.3, 0.4) is 0 Å². The second-order valence-electron chi connectivity index (χ2n) is 3.83. The molecule has 1 fully saturated rings. The quantitative estimate of drug-likeness (QED) is 0.622. The Morgan fingerprint density at radius 1 is 1.69 bits per heavy atom. The Morgan fingerprint density at radius 2 is 2.46 bits per heavy atom. The normalized spacial score (nSPS) is 21.8. The fourth-order valence-electron chi connectivity index (χ4n) is 1.20. The van der Waals surface area contributed by atoms with Gasteiger partial charge < -0.3 is 15.4 Å². The van der Waals surface area contributed by atoms with E-state index in [0.717, 1.165) is 19.0 Å². The maximum Gasteiger partial charge on any atom is 0.407 e. The van der Waals surface area contributed by atoms with Crippen molar-refractivity contribution in [3.63, 3.8) is 0 Å². The van der Waals surface area contributed by atoms with Crippen molar-refractivity contribution in [2.75, 3.05) is 19.7 Å². The SMILES string of the molecule is CC(C)CCNC[C@H]1COC(=O)N1. The number of nitrogens with one attached hydrogen (secondary N) is 2. The molecular weight excluding hydrogens is 168 g/mol. The van der Waals surface area contributed by atoms with E-state index in [4.69, 9.17) is 4.74 Å². The molecule has 0 spiro atoms. The van der Waals surface area contributed by atoms with Crippen molar-refractivity contribution in [2.45, 2.75) is 26.3 Å². The highest BCUT2D eigenvalue weighted by molar-refractivity contribution is 5.69. The van der Waals surface area contributed by atoms with Gasteiger partial charge in [-0.15, -0.1) is 0 Å². The number of rotatable bonds is 5. The molecule has 1 rings (SSSR count). The van der Waals surface area contributed by atoms with Crippen molar-refractivity contribution >= 4 is 6.09 Å². The van der Waals surface area contributed by atoms with Crippen molar-refractivity contribution in [3.8, 4) is 0 Å². The zero-order valence-corrected chi connectivity index (χ0v) is 8.30. The molecule has 13 heavy (non-hydrogen) atoms. The van der Waals surface area contributed by atoms with Crippen LogP contribution in [0.2, 0.25) is 0 Å². The summed E-state index contributed by atoms with van der Waals surface area (Å²) in [6.45, 7) is 6.69. The first-order valence-electron chi connectivity index (χ1n) is 4.82. The topological polar surface area (TPSA) is 50.4 Å². The number of hydrogen-bond acceptors (Lipinski definition) is 3. The van der Waals surface area contributed by atoms with Gasteiger partial charge in [0.2, 0.25) is 0 Å². The molecule has 1 aliphatic rings. The molecule has 1 aliphatic heterocycles. The predicted molar refractivity (Wildman–Crippen MR) is 50.6 cm³/mol. The Morgan fingerprint density at radius 3 is 3.00 bits per heavy atom. The van der Waals surface area contributed by atoms with Gasteiger partial charge in [0.25, 0.3) is 0 Å². The Labute approximate surface area is 79.0 Å². The molecule has 0 unspecified atom stereocenters. The maximum atomic E-state index is 10.6. The van der Waals surface area contributed by atoms with Crippen LogP contribution in [0, 0.1) is 5.92 Å². The van der Waals surface area contributed by atoms with Crippen LogP contribution in [0.15, 0.2) is 0 Å². The average Bonchev–Trinajstić information content (AvgIpc) is 2.45. The van der Waals surface area contributed by atoms with Crippen LogP contribution in [0.5, 0.6) is 0 Å². The van der Waals surface area contributed by atoms with Gasteiger partial charge >= 0.3 is 6.09 Å². The number of cyclic esters (lactones) is 1. The molecule has 1 saturated heterocycles. The van der Waals surface area contributed by atoms with Crippen LogP contribution in [-0.2, 0) is 4.74 Å². The molecule has 0 aromatic heterocycles. The van der Waals surface area contributed by atoms with E-state index in [2.05, 4.69) is 24.5 Å². The summed E-state index contributed by atoms with van der Waals surface area (Å²) in [6, 6.07) is 0.152. The summed E-state index contributed by atoms with van der Waals surface area (Å²) in [7, 11) is 0. The fourth-order valence-corrected chi connectivity index (χ4v) is 1.20. The van der Waals surface area contributed by atoms with E-state index in [1.165, 1.54) is 6.42 Å². The lowest BCUT2D eigenvalue weighted by molar-refractivity contribution is 0.176. The summed E-state index contributed by atoms with van der Waals surface area (Å²) >= 11 is 0. The van der Waals surface area contributed by atoms with Gasteiger partial charge in [-0.05, 0) is 18.9 Å². The van der Waals surface area contributed by atoms with Crippen molar-refractivity contribution in [1.29, 1.82) is 0 Å². The minimum Gasteiger partial charge on any atom is -0.447 e. The van der Waals surface area contributed by atoms with E-state index in [1.807, 2.05) is 0 Å². The van der Waals surface area contributed by atoms with Crippen LogP contribution in [0.1, 0.15) is 20.3 Å². The number of hydrogen-bond donors (Lipinski definition) is 2. The average molecular weight is 186 g/mol. The molecule has 0 aliphatic carbocycles. The van der Waals surface area contributed by atoms with E-state index < -0.39 is 0 Å². The molecule has 0 aromatic rings. The lowest BCUT2D eigenvalue weighted by Crippen LogP contribution is -2.37. The molecule has 0 aromatic carbocycles. The molecule has 1 amide bonds. The van der Waals surface area contributed by atoms with Crippen LogP contribution in [0.4, 0.5) is 4.79 Å². The van der Waals surface area contributed by atoms with E-state index in [1.54, 1.807) is 0 Å². The third-order valence-electron chi connectivity index (χ3n) is 2.03. The third kappa shape index (κ3) is 4.12. The third-order valence-corrected chi connectivity index (χ3v) is 2.03. The largest absolute Gasteiger partial charge is 0.447 e. The second-order valence-corrected chi connectivity index (χ2v) is 3.83. The number of amides is 1. The first-order chi connectivity index (χ1) is 6.18. The molecule has 0 saturated carbocycles. The van der Waals surface area contributed by atoms with Gasteiger partial charge in [-0.1, -0.05) is 13.8 Å². The smallest absolute Gasteiger partial charge is 0.407 e. The van der Waals surface area contributed by atoms with E-state index in [9.17, 15) is 4.79 Å². The number of carbonyl (C=O) groups is 1. The van der Waals surface area contributed by atoms with Crippen molar-refractivity contribution in [3.05, 3.63) is 0 Å². The Hall–Kier alpha value is -0.770. The van der Waals surface area contributed by atoms with Crippen LogP contribution in [-0.4, -0.2) is 31.8 Å². The standard InChI is InChI=1S/C9H18N2O2/c1-7(2)3-4-10-5-8-6-13-9(12)11-8/h7-8,10H,3-6H2,1-2H3,(H,11,12)/t8-/m0/s1. The van der Waals surface area contributed by atoms with Crippen LogP contribution in [0.25, 0.3) is 0 Å². The molecule has 2 N–H and O–H groups in total. The lowest BCUT2D eigenvalue weighted by atomic mass is 10.1. The molecule has 1 atom stereocenters. The fraction of sp³-hybridized carbons (Fsp3) is 0.889. The molecule has 76 valence electrons. The Kier molecular flexibility index (Phi) is 4.02. The Balaban J connectivity index is 1.97. The summed E-state index contributed by atoms with van der Waals surface area (Å²) in [6.07, 6.45) is 0.872. The molecule has 0 bridgehead atoms. The minimum absolute atomic E-state index is 0.152. The highest BCUT2D eigenvalue weighted by Crippen LogP contribution is 1.98. The van der Waals surface area contributed by atoms with Gasteiger partial charge in [0.15, 0.2) is 0 Å². The van der Waals surface area contributed by atoms with E-state index >= 15 is 0 Å². The predicted octanol–water partition coefficient (Wildman–Crippen LogP) is 0.730. The van der Waals surface area contributed by atoms with Crippen molar-refractivity contribution < 1.29 is 9.53 Å². The highest BCUT2D eigenvalue weighted by Gasteiger charge is 2.20. The second kappa shape index (κ2) is 5.07. The van der Waals surface area contributed by atoms with Gasteiger partial charge in [0.05, 0.1) is 6.04 Å². The van der Waals surface area contributed by atoms with Gasteiger partial charge in [-0.3, -0.25) is 0 Å². The zero-order valence-electron chi connectivity index (χ0n) is 8.30. The molecule has 1 heterocycles. The first-order valence-corrected chi connectivity index (χ1v) is 4.82. The minimum atomic E-state index is -0.296. The Bertz CT molecular complexity index is 171. The zero-order chi connectivity index (χ0) is 9.68. The summed E-state index contributed by atoms with van der Waals surface area (Å²) < 4.78 is 4.75. The van der Waals surface area contributed by atoms with Gasteiger partial charge in [-0.25, -0.2) is 4.79 Å². The van der Waals surface area contributed by atoms with Gasteiger partial charge in [-0.2, -0.15) is 0 Å². The number of alkyl carbamates (subject to hydrolysis) is 1. The lowest BCUT2D eigenvalue weighted by Gasteiger charge is -2.09. The molecule has 0 radical (unpaired) electrons. The van der Waals surface area contributed by atoms with Crippen molar-refractivity contribution in [1.82, 2.24) is 10.6 Å². The summed E-state index contributed by atoms with van der Waals surface area (Å²) in [5.41, 5.74) is 0. The summed E-state index contributed by atoms with van der Waals surface area (Å²) in [5.74, 6) is 0.724. The highest BCUT2D eigenvalue weighted by atomic mass is 16.6. The summed E-state index contributed by atoms with van der Waals surface area (Å²) in [4.78, 5) is 10.6. The molecular formula is C9H18N2O2. The van der Waals surface area contributed by atoms with Crippen LogP contribution < -0.4 is 10.6 Å².